The number of fused-ring (bicyclic) bond motifs is 1. The van der Waals surface area contributed by atoms with Crippen LogP contribution in [-0.2, 0) is 21.1 Å². The minimum atomic E-state index is -4.78. The van der Waals surface area contributed by atoms with E-state index < -0.39 is 33.7 Å². The highest BCUT2D eigenvalue weighted by Crippen LogP contribution is 2.38. The summed E-state index contributed by atoms with van der Waals surface area (Å²) in [6, 6.07) is 6.53. The quantitative estimate of drug-likeness (QED) is 0.346. The number of benzene rings is 2. The number of aromatic nitrogens is 2. The number of ether oxygens (including phenoxy) is 1. The van der Waals surface area contributed by atoms with E-state index in [4.69, 9.17) is 4.74 Å². The average molecular weight is 421 g/mol. The Labute approximate surface area is 169 Å². The molecule has 10 heteroatoms. The van der Waals surface area contributed by atoms with Crippen molar-refractivity contribution in [3.8, 4) is 5.69 Å². The fraction of sp³-hybridized carbons (Fsp3) is 0.300. The van der Waals surface area contributed by atoms with Gasteiger partial charge < -0.3 is 4.74 Å². The predicted molar refractivity (Wildman–Crippen MR) is 103 cm³/mol. The van der Waals surface area contributed by atoms with E-state index in [0.29, 0.717) is 22.9 Å². The van der Waals surface area contributed by atoms with Crippen molar-refractivity contribution in [2.75, 3.05) is 7.11 Å². The summed E-state index contributed by atoms with van der Waals surface area (Å²) in [6.07, 6.45) is -3.59. The molecule has 1 aromatic heterocycles. The minimum absolute atomic E-state index is 0.144. The van der Waals surface area contributed by atoms with Crippen LogP contribution in [0.2, 0.25) is 0 Å². The third-order valence-electron chi connectivity index (χ3n) is 4.99. The number of methoxy groups -OCH3 is 1. The van der Waals surface area contributed by atoms with Gasteiger partial charge in [-0.15, -0.1) is 0 Å². The van der Waals surface area contributed by atoms with E-state index in [1.54, 1.807) is 39.0 Å². The Morgan fingerprint density at radius 3 is 2.40 bits per heavy atom. The molecule has 3 rings (SSSR count). The van der Waals surface area contributed by atoms with Gasteiger partial charge in [-0.2, -0.15) is 18.3 Å². The Morgan fingerprint density at radius 1 is 1.20 bits per heavy atom. The van der Waals surface area contributed by atoms with Gasteiger partial charge in [0.2, 0.25) is 0 Å². The highest BCUT2D eigenvalue weighted by molar-refractivity contribution is 5.85. The molecule has 0 saturated carbocycles. The summed E-state index contributed by atoms with van der Waals surface area (Å²) in [7, 11) is 1.29. The van der Waals surface area contributed by atoms with Gasteiger partial charge >= 0.3 is 12.1 Å². The smallest absolute Gasteiger partial charge is 0.417 e. The van der Waals surface area contributed by atoms with Gasteiger partial charge in [0, 0.05) is 23.7 Å². The Morgan fingerprint density at radius 2 is 1.87 bits per heavy atom. The van der Waals surface area contributed by atoms with Crippen molar-refractivity contribution < 1.29 is 27.6 Å². The number of nitro groups is 1. The number of esters is 1. The highest BCUT2D eigenvalue weighted by atomic mass is 19.4. The molecule has 0 fully saturated rings. The van der Waals surface area contributed by atoms with Gasteiger partial charge in [-0.25, -0.2) is 4.68 Å². The Bertz CT molecular complexity index is 1170. The van der Waals surface area contributed by atoms with E-state index in [9.17, 15) is 28.1 Å². The van der Waals surface area contributed by atoms with Gasteiger partial charge in [0.1, 0.15) is 5.52 Å². The molecular formula is C20H18F3N3O4. The first kappa shape index (κ1) is 21.3. The van der Waals surface area contributed by atoms with E-state index in [-0.39, 0.29) is 10.9 Å². The van der Waals surface area contributed by atoms with Crippen LogP contribution in [0.25, 0.3) is 16.6 Å². The molecule has 0 bridgehead atoms. The second-order valence-electron chi connectivity index (χ2n) is 7.37. The van der Waals surface area contributed by atoms with Gasteiger partial charge in [-0.05, 0) is 38.0 Å². The predicted octanol–water partition coefficient (Wildman–Crippen LogP) is 4.71. The number of halogens is 3. The van der Waals surface area contributed by atoms with Crippen molar-refractivity contribution >= 4 is 22.6 Å². The summed E-state index contributed by atoms with van der Waals surface area (Å²) in [6.45, 7) is 5.13. The summed E-state index contributed by atoms with van der Waals surface area (Å²) >= 11 is 0. The summed E-state index contributed by atoms with van der Waals surface area (Å²) in [4.78, 5) is 22.2. The maximum atomic E-state index is 13.4. The number of nitrogens with zero attached hydrogens (tertiary/aromatic N) is 3. The first-order chi connectivity index (χ1) is 13.9. The molecular weight excluding hydrogens is 403 g/mol. The second-order valence-corrected chi connectivity index (χ2v) is 7.37. The SMILES string of the molecule is COC(=O)C(C)(C)c1ccc(-n2cc3c(C(F)(F)F)cc([N+](=O)[O-])cc3n2)c(C)c1. The maximum Gasteiger partial charge on any atom is 0.417 e. The number of aryl methyl sites for hydroxylation is 1. The van der Waals surface area contributed by atoms with E-state index in [2.05, 4.69) is 5.10 Å². The van der Waals surface area contributed by atoms with Crippen molar-refractivity contribution in [1.29, 1.82) is 0 Å². The van der Waals surface area contributed by atoms with E-state index in [1.165, 1.54) is 18.0 Å². The van der Waals surface area contributed by atoms with Crippen molar-refractivity contribution in [3.63, 3.8) is 0 Å². The second kappa shape index (κ2) is 7.12. The zero-order chi connectivity index (χ0) is 22.4. The summed E-state index contributed by atoms with van der Waals surface area (Å²) < 4.78 is 46.4. The molecule has 0 amide bonds. The number of carbonyl (C=O) groups is 1. The summed E-state index contributed by atoms with van der Waals surface area (Å²) in [5.41, 5.74) is -1.08. The van der Waals surface area contributed by atoms with Crippen LogP contribution in [0.4, 0.5) is 18.9 Å². The van der Waals surface area contributed by atoms with Crippen LogP contribution >= 0.6 is 0 Å². The third-order valence-corrected chi connectivity index (χ3v) is 4.99. The number of carbonyl (C=O) groups excluding carboxylic acids is 1. The fourth-order valence-corrected chi connectivity index (χ4v) is 3.25. The molecule has 0 radical (unpaired) electrons. The van der Waals surface area contributed by atoms with Crippen LogP contribution < -0.4 is 0 Å². The number of nitro benzene ring substituents is 1. The first-order valence-electron chi connectivity index (χ1n) is 8.81. The molecule has 0 aliphatic carbocycles. The number of alkyl halides is 3. The molecule has 0 aliphatic heterocycles. The van der Waals surface area contributed by atoms with E-state index >= 15 is 0 Å². The lowest BCUT2D eigenvalue weighted by Crippen LogP contribution is -2.30. The van der Waals surface area contributed by atoms with Gasteiger partial charge in [0.25, 0.3) is 5.69 Å². The molecule has 0 saturated heterocycles. The molecule has 0 unspecified atom stereocenters. The molecule has 3 aromatic rings. The van der Waals surface area contributed by atoms with Crippen LogP contribution in [0.3, 0.4) is 0 Å². The zero-order valence-corrected chi connectivity index (χ0v) is 16.6. The van der Waals surface area contributed by atoms with Crippen LogP contribution in [0.1, 0.15) is 30.5 Å². The van der Waals surface area contributed by atoms with Crippen molar-refractivity contribution in [1.82, 2.24) is 9.78 Å². The topological polar surface area (TPSA) is 87.3 Å². The molecule has 158 valence electrons. The standard InChI is InChI=1S/C20H18F3N3O4/c1-11-7-12(19(2,3)18(27)30-4)5-6-17(11)25-10-14-15(20(21,22)23)8-13(26(28)29)9-16(14)24-25/h5-10H,1-4H3. The molecule has 0 aliphatic rings. The fourth-order valence-electron chi connectivity index (χ4n) is 3.25. The number of hydrogen-bond acceptors (Lipinski definition) is 5. The maximum absolute atomic E-state index is 13.4. The summed E-state index contributed by atoms with van der Waals surface area (Å²) in [5, 5.41) is 14.9. The minimum Gasteiger partial charge on any atom is -0.468 e. The normalized spacial score (nSPS) is 12.2. The van der Waals surface area contributed by atoms with Crippen molar-refractivity contribution in [2.45, 2.75) is 32.4 Å². The summed E-state index contributed by atoms with van der Waals surface area (Å²) in [5.74, 6) is -0.429. The van der Waals surface area contributed by atoms with Gasteiger partial charge in [0.15, 0.2) is 0 Å². The molecule has 0 atom stereocenters. The Hall–Kier alpha value is -3.43. The first-order valence-corrected chi connectivity index (χ1v) is 8.81. The van der Waals surface area contributed by atoms with Crippen LogP contribution in [0, 0.1) is 17.0 Å². The molecule has 30 heavy (non-hydrogen) atoms. The average Bonchev–Trinajstić information content (AvgIpc) is 3.08. The van der Waals surface area contributed by atoms with Crippen LogP contribution in [0.5, 0.6) is 0 Å². The Balaban J connectivity index is 2.16. The van der Waals surface area contributed by atoms with Gasteiger partial charge in [-0.3, -0.25) is 14.9 Å². The van der Waals surface area contributed by atoms with Gasteiger partial charge in [0.05, 0.1) is 28.7 Å². The zero-order valence-electron chi connectivity index (χ0n) is 16.6. The van der Waals surface area contributed by atoms with Crippen molar-refractivity contribution in [3.05, 3.63) is 63.3 Å². The molecule has 0 N–H and O–H groups in total. The molecule has 0 spiro atoms. The van der Waals surface area contributed by atoms with E-state index in [0.717, 1.165) is 6.07 Å². The van der Waals surface area contributed by atoms with Crippen LogP contribution in [0.15, 0.2) is 36.5 Å². The molecule has 7 nitrogen and oxygen atoms in total. The molecule has 2 aromatic carbocycles. The number of non-ortho nitro benzene ring substituents is 1. The third kappa shape index (κ3) is 3.60. The lowest BCUT2D eigenvalue weighted by atomic mass is 9.84. The highest BCUT2D eigenvalue weighted by Gasteiger charge is 2.36. The Kier molecular flexibility index (Phi) is 5.05. The largest absolute Gasteiger partial charge is 0.468 e. The van der Waals surface area contributed by atoms with E-state index in [1.807, 2.05) is 0 Å². The van der Waals surface area contributed by atoms with Crippen LogP contribution in [-0.4, -0.2) is 27.8 Å². The molecule has 1 heterocycles. The number of hydrogen-bond donors (Lipinski definition) is 0. The van der Waals surface area contributed by atoms with Crippen molar-refractivity contribution in [2.24, 2.45) is 0 Å². The lowest BCUT2D eigenvalue weighted by Gasteiger charge is -2.23. The monoisotopic (exact) mass is 421 g/mol. The van der Waals surface area contributed by atoms with Gasteiger partial charge in [-0.1, -0.05) is 12.1 Å². The number of rotatable bonds is 4. The lowest BCUT2D eigenvalue weighted by molar-refractivity contribution is -0.385.